The van der Waals surface area contributed by atoms with Gasteiger partial charge >= 0.3 is 0 Å². The lowest BCUT2D eigenvalue weighted by Gasteiger charge is -2.06. The van der Waals surface area contributed by atoms with Crippen LogP contribution in [0.25, 0.3) is 0 Å². The Hall–Kier alpha value is -1.68. The highest BCUT2D eigenvalue weighted by Crippen LogP contribution is 2.19. The lowest BCUT2D eigenvalue weighted by Crippen LogP contribution is -1.99. The number of benzene rings is 1. The van der Waals surface area contributed by atoms with E-state index in [4.69, 9.17) is 16.3 Å². The average Bonchev–Trinajstić information content (AvgIpc) is 2.28. The van der Waals surface area contributed by atoms with Crippen molar-refractivity contribution in [3.05, 3.63) is 58.9 Å². The Morgan fingerprint density at radius 1 is 1.18 bits per heavy atom. The van der Waals surface area contributed by atoms with Crippen molar-refractivity contribution in [2.75, 3.05) is 0 Å². The van der Waals surface area contributed by atoms with Gasteiger partial charge in [-0.1, -0.05) is 11.6 Å². The summed E-state index contributed by atoms with van der Waals surface area (Å²) < 4.78 is 31.0. The van der Waals surface area contributed by atoms with Crippen LogP contribution < -0.4 is 4.74 Å². The quantitative estimate of drug-likeness (QED) is 0.836. The minimum absolute atomic E-state index is 0.0202. The van der Waals surface area contributed by atoms with Gasteiger partial charge < -0.3 is 4.74 Å². The summed E-state index contributed by atoms with van der Waals surface area (Å²) in [5, 5.41) is 0.526. The fourth-order valence-corrected chi connectivity index (χ4v) is 1.45. The molecule has 0 atom stereocenters. The zero-order chi connectivity index (χ0) is 12.3. The van der Waals surface area contributed by atoms with Gasteiger partial charge in [-0.3, -0.25) is 4.98 Å². The van der Waals surface area contributed by atoms with Gasteiger partial charge in [-0.2, -0.15) is 0 Å². The zero-order valence-electron chi connectivity index (χ0n) is 8.66. The van der Waals surface area contributed by atoms with Crippen LogP contribution in [-0.2, 0) is 6.61 Å². The third-order valence-electron chi connectivity index (χ3n) is 2.05. The van der Waals surface area contributed by atoms with Gasteiger partial charge in [-0.05, 0) is 24.3 Å². The van der Waals surface area contributed by atoms with Crippen molar-refractivity contribution in [1.82, 2.24) is 4.98 Å². The third kappa shape index (κ3) is 3.14. The SMILES string of the molecule is Fc1ccc(OCc2cc(Cl)ccn2)c(F)c1. The molecule has 0 aliphatic heterocycles. The molecule has 5 heteroatoms. The molecule has 0 bridgehead atoms. The summed E-state index contributed by atoms with van der Waals surface area (Å²) in [6, 6.07) is 6.37. The number of hydrogen-bond acceptors (Lipinski definition) is 2. The molecule has 2 rings (SSSR count). The summed E-state index contributed by atoms with van der Waals surface area (Å²) in [7, 11) is 0. The van der Waals surface area contributed by atoms with Crippen molar-refractivity contribution >= 4 is 11.6 Å². The number of hydrogen-bond donors (Lipinski definition) is 0. The van der Waals surface area contributed by atoms with Crippen molar-refractivity contribution < 1.29 is 13.5 Å². The van der Waals surface area contributed by atoms with Gasteiger partial charge in [-0.25, -0.2) is 8.78 Å². The number of ether oxygens (including phenoxy) is 1. The van der Waals surface area contributed by atoms with Crippen LogP contribution in [0.2, 0.25) is 5.02 Å². The average molecular weight is 256 g/mol. The second kappa shape index (κ2) is 5.10. The van der Waals surface area contributed by atoms with E-state index in [1.807, 2.05) is 0 Å². The maximum absolute atomic E-state index is 13.2. The molecule has 0 saturated carbocycles. The maximum Gasteiger partial charge on any atom is 0.167 e. The molecule has 1 aromatic carbocycles. The minimum atomic E-state index is -0.743. The molecule has 2 nitrogen and oxygen atoms in total. The van der Waals surface area contributed by atoms with Crippen molar-refractivity contribution in [3.63, 3.8) is 0 Å². The molecule has 0 radical (unpaired) electrons. The zero-order valence-corrected chi connectivity index (χ0v) is 9.42. The van der Waals surface area contributed by atoms with Crippen molar-refractivity contribution in [3.8, 4) is 5.75 Å². The summed E-state index contributed by atoms with van der Waals surface area (Å²) in [5.41, 5.74) is 0.571. The first kappa shape index (κ1) is 11.8. The second-order valence-electron chi connectivity index (χ2n) is 3.33. The van der Waals surface area contributed by atoms with Gasteiger partial charge in [0.25, 0.3) is 0 Å². The number of nitrogens with zero attached hydrogens (tertiary/aromatic N) is 1. The van der Waals surface area contributed by atoms with Crippen LogP contribution in [0.4, 0.5) is 8.78 Å². The highest BCUT2D eigenvalue weighted by atomic mass is 35.5. The Kier molecular flexibility index (Phi) is 3.54. The van der Waals surface area contributed by atoms with Crippen molar-refractivity contribution in [1.29, 1.82) is 0 Å². The highest BCUT2D eigenvalue weighted by Gasteiger charge is 2.05. The lowest BCUT2D eigenvalue weighted by molar-refractivity contribution is 0.285. The van der Waals surface area contributed by atoms with Gasteiger partial charge in [0, 0.05) is 17.3 Å². The topological polar surface area (TPSA) is 22.1 Å². The molecular weight excluding hydrogens is 248 g/mol. The molecule has 0 saturated heterocycles. The van der Waals surface area contributed by atoms with Crippen LogP contribution in [0.15, 0.2) is 36.5 Å². The normalized spacial score (nSPS) is 10.3. The van der Waals surface area contributed by atoms with E-state index in [9.17, 15) is 8.78 Å². The lowest BCUT2D eigenvalue weighted by atomic mass is 10.3. The van der Waals surface area contributed by atoms with Crippen molar-refractivity contribution in [2.24, 2.45) is 0 Å². The Morgan fingerprint density at radius 3 is 2.71 bits per heavy atom. The molecule has 0 aliphatic carbocycles. The Bertz CT molecular complexity index is 534. The summed E-state index contributed by atoms with van der Waals surface area (Å²) in [5.74, 6) is -1.41. The molecule has 0 fully saturated rings. The van der Waals surface area contributed by atoms with Crippen LogP contribution in [0.1, 0.15) is 5.69 Å². The van der Waals surface area contributed by atoms with Gasteiger partial charge in [0.1, 0.15) is 12.4 Å². The first-order chi connectivity index (χ1) is 8.15. The fourth-order valence-electron chi connectivity index (χ4n) is 1.27. The smallest absolute Gasteiger partial charge is 0.167 e. The molecule has 0 amide bonds. The molecule has 0 aliphatic rings. The molecule has 0 spiro atoms. The standard InChI is InChI=1S/C12H8ClF2NO/c13-8-3-4-16-10(5-8)7-17-12-2-1-9(14)6-11(12)15/h1-6H,7H2. The molecule has 88 valence electrons. The van der Waals surface area contributed by atoms with E-state index in [1.54, 1.807) is 12.1 Å². The maximum atomic E-state index is 13.2. The van der Waals surface area contributed by atoms with E-state index >= 15 is 0 Å². The third-order valence-corrected chi connectivity index (χ3v) is 2.28. The van der Waals surface area contributed by atoms with Gasteiger partial charge in [0.05, 0.1) is 5.69 Å². The predicted molar refractivity (Wildman–Crippen MR) is 59.9 cm³/mol. The molecular formula is C12H8ClF2NO. The molecule has 2 aromatic rings. The van der Waals surface area contributed by atoms with E-state index in [-0.39, 0.29) is 12.4 Å². The molecule has 17 heavy (non-hydrogen) atoms. The highest BCUT2D eigenvalue weighted by molar-refractivity contribution is 6.30. The fraction of sp³-hybridized carbons (Fsp3) is 0.0833. The number of halogens is 3. The first-order valence-corrected chi connectivity index (χ1v) is 5.21. The summed E-state index contributed by atoms with van der Waals surface area (Å²) in [6.45, 7) is 0.0725. The molecule has 0 N–H and O–H groups in total. The van der Waals surface area contributed by atoms with Crippen LogP contribution in [0, 0.1) is 11.6 Å². The number of rotatable bonds is 3. The van der Waals surface area contributed by atoms with E-state index in [0.29, 0.717) is 10.7 Å². The van der Waals surface area contributed by atoms with Gasteiger partial charge in [0.15, 0.2) is 11.6 Å². The summed E-state index contributed by atoms with van der Waals surface area (Å²) in [4.78, 5) is 4.00. The van der Waals surface area contributed by atoms with E-state index in [1.165, 1.54) is 12.3 Å². The summed E-state index contributed by atoms with van der Waals surface area (Å²) in [6.07, 6.45) is 1.53. The van der Waals surface area contributed by atoms with Crippen LogP contribution in [-0.4, -0.2) is 4.98 Å². The molecule has 1 heterocycles. The second-order valence-corrected chi connectivity index (χ2v) is 3.77. The number of aromatic nitrogens is 1. The van der Waals surface area contributed by atoms with Gasteiger partial charge in [0.2, 0.25) is 0 Å². The van der Waals surface area contributed by atoms with E-state index in [0.717, 1.165) is 12.1 Å². The van der Waals surface area contributed by atoms with E-state index < -0.39 is 11.6 Å². The predicted octanol–water partition coefficient (Wildman–Crippen LogP) is 3.59. The van der Waals surface area contributed by atoms with Crippen molar-refractivity contribution in [2.45, 2.75) is 6.61 Å². The molecule has 1 aromatic heterocycles. The number of pyridine rings is 1. The van der Waals surface area contributed by atoms with Crippen LogP contribution in [0.3, 0.4) is 0 Å². The van der Waals surface area contributed by atoms with Gasteiger partial charge in [-0.15, -0.1) is 0 Å². The Labute approximate surface area is 102 Å². The Balaban J connectivity index is 2.07. The first-order valence-electron chi connectivity index (χ1n) is 4.83. The summed E-state index contributed by atoms with van der Waals surface area (Å²) >= 11 is 5.76. The monoisotopic (exact) mass is 255 g/mol. The van der Waals surface area contributed by atoms with Crippen LogP contribution in [0.5, 0.6) is 5.75 Å². The van der Waals surface area contributed by atoms with E-state index in [2.05, 4.69) is 4.98 Å². The Morgan fingerprint density at radius 2 is 2.00 bits per heavy atom. The minimum Gasteiger partial charge on any atom is -0.484 e. The largest absolute Gasteiger partial charge is 0.484 e. The van der Waals surface area contributed by atoms with Crippen LogP contribution >= 0.6 is 11.6 Å². The molecule has 0 unspecified atom stereocenters.